The van der Waals surface area contributed by atoms with Crippen LogP contribution in [0.25, 0.3) is 0 Å². The molecule has 3 nitrogen and oxygen atoms in total. The number of carbonyl (C=O) groups is 1. The number of carbonyl (C=O) groups excluding carboxylic acids is 1. The Morgan fingerprint density at radius 1 is 1.35 bits per heavy atom. The first-order valence-corrected chi connectivity index (χ1v) is 6.19. The van der Waals surface area contributed by atoms with Crippen LogP contribution >= 0.6 is 0 Å². The Hall–Kier alpha value is -1.35. The van der Waals surface area contributed by atoms with Crippen molar-refractivity contribution in [1.29, 1.82) is 0 Å². The standard InChI is InChI=1S/C14H22N2O/c1-4-11(15)9-14(17)16-13-8-6-5-7-12(13)10(2)3/h5-8,10-11H,4,9,15H2,1-3H3,(H,16,17). The second kappa shape index (κ2) is 6.40. The second-order valence-corrected chi connectivity index (χ2v) is 4.66. The van der Waals surface area contributed by atoms with Gasteiger partial charge in [-0.15, -0.1) is 0 Å². The van der Waals surface area contributed by atoms with Gasteiger partial charge in [0.05, 0.1) is 0 Å². The molecule has 17 heavy (non-hydrogen) atoms. The van der Waals surface area contributed by atoms with E-state index in [4.69, 9.17) is 5.73 Å². The summed E-state index contributed by atoms with van der Waals surface area (Å²) < 4.78 is 0. The molecule has 94 valence electrons. The van der Waals surface area contributed by atoms with Crippen LogP contribution in [0.4, 0.5) is 5.69 Å². The first-order chi connectivity index (χ1) is 8.04. The molecule has 3 heteroatoms. The zero-order valence-electron chi connectivity index (χ0n) is 10.9. The molecule has 0 aliphatic heterocycles. The summed E-state index contributed by atoms with van der Waals surface area (Å²) in [6.45, 7) is 6.21. The third kappa shape index (κ3) is 4.19. The molecule has 1 aromatic carbocycles. The van der Waals surface area contributed by atoms with Crippen LogP contribution in [0.15, 0.2) is 24.3 Å². The fraction of sp³-hybridized carbons (Fsp3) is 0.500. The molecular formula is C14H22N2O. The van der Waals surface area contributed by atoms with Crippen molar-refractivity contribution in [2.45, 2.75) is 45.6 Å². The third-order valence-electron chi connectivity index (χ3n) is 2.83. The lowest BCUT2D eigenvalue weighted by atomic mass is 10.0. The van der Waals surface area contributed by atoms with E-state index in [0.29, 0.717) is 12.3 Å². The van der Waals surface area contributed by atoms with E-state index in [9.17, 15) is 4.79 Å². The van der Waals surface area contributed by atoms with Crippen LogP contribution < -0.4 is 11.1 Å². The maximum absolute atomic E-state index is 11.8. The van der Waals surface area contributed by atoms with E-state index in [1.165, 1.54) is 0 Å². The van der Waals surface area contributed by atoms with Gasteiger partial charge in [-0.25, -0.2) is 0 Å². The molecule has 1 atom stereocenters. The van der Waals surface area contributed by atoms with Crippen molar-refractivity contribution < 1.29 is 4.79 Å². The fourth-order valence-corrected chi connectivity index (χ4v) is 1.70. The van der Waals surface area contributed by atoms with E-state index < -0.39 is 0 Å². The number of rotatable bonds is 5. The maximum Gasteiger partial charge on any atom is 0.225 e. The molecule has 0 fully saturated rings. The zero-order valence-corrected chi connectivity index (χ0v) is 10.9. The quantitative estimate of drug-likeness (QED) is 0.823. The Bertz CT molecular complexity index is 374. The number of amides is 1. The summed E-state index contributed by atoms with van der Waals surface area (Å²) in [6.07, 6.45) is 1.20. The molecule has 1 unspecified atom stereocenters. The van der Waals surface area contributed by atoms with E-state index >= 15 is 0 Å². The number of hydrogen-bond acceptors (Lipinski definition) is 2. The van der Waals surface area contributed by atoms with Crippen molar-refractivity contribution in [2.75, 3.05) is 5.32 Å². The summed E-state index contributed by atoms with van der Waals surface area (Å²) in [5.74, 6) is 0.388. The first kappa shape index (κ1) is 13.7. The molecule has 0 radical (unpaired) electrons. The van der Waals surface area contributed by atoms with Crippen molar-refractivity contribution in [3.8, 4) is 0 Å². The average Bonchev–Trinajstić information content (AvgIpc) is 2.29. The van der Waals surface area contributed by atoms with E-state index in [2.05, 4.69) is 19.2 Å². The van der Waals surface area contributed by atoms with Gasteiger partial charge >= 0.3 is 0 Å². The molecule has 0 aromatic heterocycles. The summed E-state index contributed by atoms with van der Waals surface area (Å²) in [4.78, 5) is 11.8. The van der Waals surface area contributed by atoms with E-state index in [1.54, 1.807) is 0 Å². The van der Waals surface area contributed by atoms with Crippen molar-refractivity contribution >= 4 is 11.6 Å². The minimum Gasteiger partial charge on any atom is -0.327 e. The first-order valence-electron chi connectivity index (χ1n) is 6.19. The number of nitrogens with two attached hydrogens (primary N) is 1. The molecule has 0 bridgehead atoms. The van der Waals surface area contributed by atoms with Crippen LogP contribution in [-0.2, 0) is 4.79 Å². The number of para-hydroxylation sites is 1. The summed E-state index contributed by atoms with van der Waals surface area (Å²) in [6, 6.07) is 7.84. The van der Waals surface area contributed by atoms with Gasteiger partial charge in [0.2, 0.25) is 5.91 Å². The lowest BCUT2D eigenvalue weighted by Crippen LogP contribution is -2.26. The van der Waals surface area contributed by atoms with Gasteiger partial charge in [0.25, 0.3) is 0 Å². The van der Waals surface area contributed by atoms with Crippen molar-refractivity contribution in [1.82, 2.24) is 0 Å². The van der Waals surface area contributed by atoms with Crippen LogP contribution in [0.3, 0.4) is 0 Å². The molecule has 0 spiro atoms. The molecule has 1 aromatic rings. The summed E-state index contributed by atoms with van der Waals surface area (Å²) in [7, 11) is 0. The Morgan fingerprint density at radius 3 is 2.59 bits per heavy atom. The van der Waals surface area contributed by atoms with E-state index in [0.717, 1.165) is 17.7 Å². The Labute approximate surface area is 103 Å². The lowest BCUT2D eigenvalue weighted by molar-refractivity contribution is -0.116. The normalized spacial score (nSPS) is 12.5. The molecule has 0 heterocycles. The lowest BCUT2D eigenvalue weighted by Gasteiger charge is -2.14. The highest BCUT2D eigenvalue weighted by Crippen LogP contribution is 2.23. The van der Waals surface area contributed by atoms with Gasteiger partial charge in [-0.05, 0) is 24.0 Å². The van der Waals surface area contributed by atoms with E-state index in [1.807, 2.05) is 31.2 Å². The minimum atomic E-state index is -0.0544. The molecule has 3 N–H and O–H groups in total. The molecule has 0 saturated carbocycles. The van der Waals surface area contributed by atoms with Gasteiger partial charge in [-0.3, -0.25) is 4.79 Å². The highest BCUT2D eigenvalue weighted by molar-refractivity contribution is 5.91. The van der Waals surface area contributed by atoms with Gasteiger partial charge in [-0.2, -0.15) is 0 Å². The van der Waals surface area contributed by atoms with Gasteiger partial charge < -0.3 is 11.1 Å². The summed E-state index contributed by atoms with van der Waals surface area (Å²) >= 11 is 0. The Kier molecular flexibility index (Phi) is 5.16. The van der Waals surface area contributed by atoms with Crippen LogP contribution in [0.2, 0.25) is 0 Å². The predicted octanol–water partition coefficient (Wildman–Crippen LogP) is 2.88. The molecule has 1 rings (SSSR count). The summed E-state index contributed by atoms with van der Waals surface area (Å²) in [5.41, 5.74) is 7.82. The van der Waals surface area contributed by atoms with E-state index in [-0.39, 0.29) is 11.9 Å². The predicted molar refractivity (Wildman–Crippen MR) is 72.0 cm³/mol. The molecule has 0 saturated heterocycles. The van der Waals surface area contributed by atoms with Gasteiger partial charge in [0.15, 0.2) is 0 Å². The minimum absolute atomic E-state index is 0.00699. The van der Waals surface area contributed by atoms with Crippen LogP contribution in [0.1, 0.15) is 45.1 Å². The Balaban J connectivity index is 2.71. The smallest absolute Gasteiger partial charge is 0.225 e. The monoisotopic (exact) mass is 234 g/mol. The number of hydrogen-bond donors (Lipinski definition) is 2. The molecule has 1 amide bonds. The SMILES string of the molecule is CCC(N)CC(=O)Nc1ccccc1C(C)C. The van der Waals surface area contributed by atoms with Crippen molar-refractivity contribution in [3.05, 3.63) is 29.8 Å². The second-order valence-electron chi connectivity index (χ2n) is 4.66. The third-order valence-corrected chi connectivity index (χ3v) is 2.83. The van der Waals surface area contributed by atoms with Crippen LogP contribution in [0.5, 0.6) is 0 Å². The highest BCUT2D eigenvalue weighted by Gasteiger charge is 2.11. The van der Waals surface area contributed by atoms with Gasteiger partial charge in [-0.1, -0.05) is 39.0 Å². The zero-order chi connectivity index (χ0) is 12.8. The fourth-order valence-electron chi connectivity index (χ4n) is 1.70. The molecule has 0 aliphatic rings. The topological polar surface area (TPSA) is 55.1 Å². The van der Waals surface area contributed by atoms with Crippen LogP contribution in [0, 0.1) is 0 Å². The van der Waals surface area contributed by atoms with Crippen molar-refractivity contribution in [2.24, 2.45) is 5.73 Å². The molecule has 0 aliphatic carbocycles. The Morgan fingerprint density at radius 2 is 2.00 bits per heavy atom. The van der Waals surface area contributed by atoms with Gasteiger partial charge in [0, 0.05) is 18.2 Å². The number of nitrogens with one attached hydrogen (secondary N) is 1. The van der Waals surface area contributed by atoms with Gasteiger partial charge in [0.1, 0.15) is 0 Å². The average molecular weight is 234 g/mol. The highest BCUT2D eigenvalue weighted by atomic mass is 16.1. The molecular weight excluding hydrogens is 212 g/mol. The maximum atomic E-state index is 11.8. The summed E-state index contributed by atoms with van der Waals surface area (Å²) in [5, 5.41) is 2.94. The van der Waals surface area contributed by atoms with Crippen molar-refractivity contribution in [3.63, 3.8) is 0 Å². The van der Waals surface area contributed by atoms with Crippen LogP contribution in [-0.4, -0.2) is 11.9 Å². The number of benzene rings is 1. The largest absolute Gasteiger partial charge is 0.327 e. The number of anilines is 1.